The number of nitrogens with zero attached hydrogens (tertiary/aromatic N) is 1. The van der Waals surface area contributed by atoms with Gasteiger partial charge in [-0.1, -0.05) is 30.3 Å². The predicted molar refractivity (Wildman–Crippen MR) is 78.7 cm³/mol. The number of rotatable bonds is 5. The van der Waals surface area contributed by atoms with E-state index in [0.29, 0.717) is 11.1 Å². The highest BCUT2D eigenvalue weighted by Crippen LogP contribution is 2.12. The van der Waals surface area contributed by atoms with Crippen molar-refractivity contribution in [3.63, 3.8) is 0 Å². The number of hydrogen-bond donors (Lipinski definition) is 2. The summed E-state index contributed by atoms with van der Waals surface area (Å²) in [6.45, 7) is 0.136. The van der Waals surface area contributed by atoms with Crippen LogP contribution >= 0.6 is 0 Å². The van der Waals surface area contributed by atoms with Crippen molar-refractivity contribution in [1.82, 2.24) is 4.72 Å². The lowest BCUT2D eigenvalue weighted by Crippen LogP contribution is -2.25. The first-order valence-electron chi connectivity index (χ1n) is 6.23. The second kappa shape index (κ2) is 6.39. The van der Waals surface area contributed by atoms with Gasteiger partial charge in [-0.15, -0.1) is 0 Å². The molecule has 0 aliphatic heterocycles. The maximum Gasteiger partial charge on any atom is 0.216 e. The summed E-state index contributed by atoms with van der Waals surface area (Å²) in [5.41, 5.74) is 1.57. The first kappa shape index (κ1) is 15.0. The number of hydrogen-bond acceptors (Lipinski definition) is 4. The van der Waals surface area contributed by atoms with Crippen LogP contribution in [0.5, 0.6) is 5.75 Å². The van der Waals surface area contributed by atoms with Crippen LogP contribution < -0.4 is 4.72 Å². The van der Waals surface area contributed by atoms with Crippen LogP contribution in [0, 0.1) is 11.3 Å². The van der Waals surface area contributed by atoms with Gasteiger partial charge in [0.15, 0.2) is 0 Å². The van der Waals surface area contributed by atoms with E-state index in [1.54, 1.807) is 36.4 Å². The van der Waals surface area contributed by atoms with Crippen molar-refractivity contribution in [3.05, 3.63) is 65.2 Å². The molecular formula is C15H14N2O3S. The van der Waals surface area contributed by atoms with E-state index in [0.717, 1.165) is 5.56 Å². The van der Waals surface area contributed by atoms with Crippen molar-refractivity contribution in [3.8, 4) is 11.8 Å². The molecule has 21 heavy (non-hydrogen) atoms. The number of nitriles is 1. The minimum atomic E-state index is -3.54. The zero-order valence-corrected chi connectivity index (χ0v) is 12.0. The van der Waals surface area contributed by atoms with Gasteiger partial charge in [-0.2, -0.15) is 5.26 Å². The first-order valence-corrected chi connectivity index (χ1v) is 7.88. The van der Waals surface area contributed by atoms with Crippen LogP contribution in [0.4, 0.5) is 0 Å². The zero-order valence-electron chi connectivity index (χ0n) is 11.2. The molecule has 0 unspecified atom stereocenters. The van der Waals surface area contributed by atoms with E-state index in [1.807, 2.05) is 6.07 Å². The number of benzene rings is 2. The summed E-state index contributed by atoms with van der Waals surface area (Å²) in [6.07, 6.45) is 0. The zero-order chi connectivity index (χ0) is 15.3. The molecule has 0 saturated heterocycles. The largest absolute Gasteiger partial charge is 0.508 e. The molecule has 0 spiro atoms. The minimum absolute atomic E-state index is 0.129. The molecule has 2 aromatic carbocycles. The lowest BCUT2D eigenvalue weighted by atomic mass is 10.1. The van der Waals surface area contributed by atoms with Crippen molar-refractivity contribution in [2.24, 2.45) is 0 Å². The smallest absolute Gasteiger partial charge is 0.216 e. The van der Waals surface area contributed by atoms with Crippen molar-refractivity contribution in [1.29, 1.82) is 5.26 Å². The monoisotopic (exact) mass is 302 g/mol. The fourth-order valence-corrected chi connectivity index (χ4v) is 2.97. The Kier molecular flexibility index (Phi) is 4.58. The summed E-state index contributed by atoms with van der Waals surface area (Å²) in [5.74, 6) is -0.112. The molecule has 0 bridgehead atoms. The molecular weight excluding hydrogens is 288 g/mol. The SMILES string of the molecule is N#Cc1ccccc1CS(=O)(=O)NCc1ccc(O)cc1. The van der Waals surface area contributed by atoms with Crippen LogP contribution in [0.3, 0.4) is 0 Å². The fraction of sp³-hybridized carbons (Fsp3) is 0.133. The van der Waals surface area contributed by atoms with E-state index in [9.17, 15) is 8.42 Å². The van der Waals surface area contributed by atoms with Gasteiger partial charge in [-0.25, -0.2) is 13.1 Å². The molecule has 0 aliphatic rings. The van der Waals surface area contributed by atoms with Crippen molar-refractivity contribution < 1.29 is 13.5 Å². The molecule has 6 heteroatoms. The first-order chi connectivity index (χ1) is 10.00. The Morgan fingerprint density at radius 1 is 1.10 bits per heavy atom. The van der Waals surface area contributed by atoms with Crippen LogP contribution in [0.2, 0.25) is 0 Å². The summed E-state index contributed by atoms with van der Waals surface area (Å²) in [6, 6.07) is 14.9. The highest BCUT2D eigenvalue weighted by Gasteiger charge is 2.13. The molecule has 2 N–H and O–H groups in total. The van der Waals surface area contributed by atoms with E-state index >= 15 is 0 Å². The predicted octanol–water partition coefficient (Wildman–Crippen LogP) is 1.88. The van der Waals surface area contributed by atoms with Crippen molar-refractivity contribution in [2.75, 3.05) is 0 Å². The molecule has 0 aliphatic carbocycles. The van der Waals surface area contributed by atoms with Gasteiger partial charge in [0.25, 0.3) is 0 Å². The molecule has 0 radical (unpaired) electrons. The third-order valence-corrected chi connectivity index (χ3v) is 4.19. The molecule has 0 aromatic heterocycles. The van der Waals surface area contributed by atoms with Crippen molar-refractivity contribution >= 4 is 10.0 Å². The molecule has 0 heterocycles. The topological polar surface area (TPSA) is 90.2 Å². The van der Waals surface area contributed by atoms with Crippen LogP contribution in [0.1, 0.15) is 16.7 Å². The third-order valence-electron chi connectivity index (χ3n) is 2.92. The Morgan fingerprint density at radius 2 is 1.76 bits per heavy atom. The average Bonchev–Trinajstić information content (AvgIpc) is 2.47. The Balaban J connectivity index is 2.05. The molecule has 108 valence electrons. The van der Waals surface area contributed by atoms with Crippen LogP contribution in [-0.4, -0.2) is 13.5 Å². The lowest BCUT2D eigenvalue weighted by molar-refractivity contribution is 0.475. The number of sulfonamides is 1. The van der Waals surface area contributed by atoms with E-state index in [4.69, 9.17) is 10.4 Å². The van der Waals surface area contributed by atoms with Crippen LogP contribution in [0.25, 0.3) is 0 Å². The van der Waals surface area contributed by atoms with Crippen LogP contribution in [0.15, 0.2) is 48.5 Å². The maximum absolute atomic E-state index is 12.0. The lowest BCUT2D eigenvalue weighted by Gasteiger charge is -2.08. The highest BCUT2D eigenvalue weighted by molar-refractivity contribution is 7.88. The molecule has 0 fully saturated rings. The van der Waals surface area contributed by atoms with E-state index in [2.05, 4.69) is 4.72 Å². The summed E-state index contributed by atoms with van der Waals surface area (Å²) in [5, 5.41) is 18.1. The normalized spacial score (nSPS) is 11.0. The summed E-state index contributed by atoms with van der Waals surface area (Å²) >= 11 is 0. The van der Waals surface area contributed by atoms with E-state index in [-0.39, 0.29) is 18.0 Å². The van der Waals surface area contributed by atoms with Gasteiger partial charge in [0.2, 0.25) is 10.0 Å². The standard InChI is InChI=1S/C15H14N2O3S/c16-9-13-3-1-2-4-14(13)11-21(19,20)17-10-12-5-7-15(18)8-6-12/h1-8,17-18H,10-11H2. The van der Waals surface area contributed by atoms with Crippen molar-refractivity contribution in [2.45, 2.75) is 12.3 Å². The maximum atomic E-state index is 12.0. The fourth-order valence-electron chi connectivity index (χ4n) is 1.82. The Labute approximate surface area is 123 Å². The van der Waals surface area contributed by atoms with E-state index in [1.165, 1.54) is 12.1 Å². The third kappa shape index (κ3) is 4.31. The van der Waals surface area contributed by atoms with Gasteiger partial charge in [0.05, 0.1) is 17.4 Å². The van der Waals surface area contributed by atoms with Gasteiger partial charge in [-0.05, 0) is 29.3 Å². The summed E-state index contributed by atoms with van der Waals surface area (Å²) in [7, 11) is -3.54. The number of aromatic hydroxyl groups is 1. The Morgan fingerprint density at radius 3 is 2.43 bits per heavy atom. The number of phenolic OH excluding ortho intramolecular Hbond substituents is 1. The second-order valence-electron chi connectivity index (χ2n) is 4.52. The summed E-state index contributed by atoms with van der Waals surface area (Å²) < 4.78 is 26.6. The molecule has 0 amide bonds. The average molecular weight is 302 g/mol. The highest BCUT2D eigenvalue weighted by atomic mass is 32.2. The molecule has 5 nitrogen and oxygen atoms in total. The molecule has 2 aromatic rings. The Hall–Kier alpha value is -2.36. The van der Waals surface area contributed by atoms with Gasteiger partial charge in [0.1, 0.15) is 5.75 Å². The van der Waals surface area contributed by atoms with Gasteiger partial charge in [0, 0.05) is 6.54 Å². The van der Waals surface area contributed by atoms with Gasteiger partial charge < -0.3 is 5.11 Å². The Bertz CT molecular complexity index is 762. The minimum Gasteiger partial charge on any atom is -0.508 e. The summed E-state index contributed by atoms with van der Waals surface area (Å²) in [4.78, 5) is 0. The molecule has 0 saturated carbocycles. The second-order valence-corrected chi connectivity index (χ2v) is 6.32. The molecule has 2 rings (SSSR count). The van der Waals surface area contributed by atoms with Gasteiger partial charge >= 0.3 is 0 Å². The van der Waals surface area contributed by atoms with Gasteiger partial charge in [-0.3, -0.25) is 0 Å². The quantitative estimate of drug-likeness (QED) is 0.882. The molecule has 0 atom stereocenters. The van der Waals surface area contributed by atoms with Crippen LogP contribution in [-0.2, 0) is 22.3 Å². The number of phenols is 1. The van der Waals surface area contributed by atoms with E-state index < -0.39 is 10.0 Å². The number of nitrogens with one attached hydrogen (secondary N) is 1.